The van der Waals surface area contributed by atoms with Gasteiger partial charge in [0.25, 0.3) is 0 Å². The number of thioether (sulfide) groups is 2. The zero-order valence-electron chi connectivity index (χ0n) is 16.4. The molecule has 0 heterocycles. The van der Waals surface area contributed by atoms with Crippen LogP contribution in [0.25, 0.3) is 0 Å². The summed E-state index contributed by atoms with van der Waals surface area (Å²) in [5.41, 5.74) is 1.27. The molecule has 0 aliphatic rings. The second kappa shape index (κ2) is 11.2. The van der Waals surface area contributed by atoms with Crippen molar-refractivity contribution in [3.8, 4) is 11.5 Å². The van der Waals surface area contributed by atoms with E-state index in [1.807, 2.05) is 0 Å². The van der Waals surface area contributed by atoms with Crippen molar-refractivity contribution in [1.29, 1.82) is 0 Å². The second-order valence-corrected chi connectivity index (χ2v) is 8.44. The van der Waals surface area contributed by atoms with E-state index in [1.54, 1.807) is 37.7 Å². The van der Waals surface area contributed by atoms with Crippen LogP contribution in [0, 0.1) is 11.8 Å². The molecule has 1 rings (SSSR count). The van der Waals surface area contributed by atoms with Gasteiger partial charge in [-0.15, -0.1) is 23.5 Å². The van der Waals surface area contributed by atoms with Gasteiger partial charge in [-0.25, -0.2) is 0 Å². The Morgan fingerprint density at radius 3 is 2.08 bits per heavy atom. The normalized spacial score (nSPS) is 12.5. The van der Waals surface area contributed by atoms with Gasteiger partial charge in [-0.1, -0.05) is 40.0 Å². The molecular weight excluding hydrogens is 336 g/mol. The quantitative estimate of drug-likeness (QED) is 0.411. The lowest BCUT2D eigenvalue weighted by Crippen LogP contribution is -2.03. The lowest BCUT2D eigenvalue weighted by molar-refractivity contribution is 0.376. The Morgan fingerprint density at radius 1 is 0.917 bits per heavy atom. The summed E-state index contributed by atoms with van der Waals surface area (Å²) < 4.78 is 11.4. The van der Waals surface area contributed by atoms with E-state index >= 15 is 0 Å². The Bertz CT molecular complexity index is 501. The lowest BCUT2D eigenvalue weighted by Gasteiger charge is -2.19. The molecule has 138 valence electrons. The first kappa shape index (κ1) is 21.6. The minimum absolute atomic E-state index is 0.748. The molecule has 24 heavy (non-hydrogen) atoms. The summed E-state index contributed by atoms with van der Waals surface area (Å²) in [5, 5.41) is 0. The Labute approximate surface area is 157 Å². The Morgan fingerprint density at radius 2 is 1.58 bits per heavy atom. The zero-order valence-corrected chi connectivity index (χ0v) is 18.0. The standard InChI is InChI=1S/C20H34O2S2/c1-14(2)9-8-10-15(3)11-12-16-13-17(21-4)19(23-6)20(24-7)18(16)22-5/h13-15H,8-12H2,1-7H3. The Balaban J connectivity index is 2.86. The number of hydrogen-bond donors (Lipinski definition) is 0. The summed E-state index contributed by atoms with van der Waals surface area (Å²) in [7, 11) is 3.53. The Kier molecular flexibility index (Phi) is 10.1. The highest BCUT2D eigenvalue weighted by Gasteiger charge is 2.19. The molecule has 1 unspecified atom stereocenters. The molecule has 0 saturated heterocycles. The van der Waals surface area contributed by atoms with Crippen molar-refractivity contribution < 1.29 is 9.47 Å². The van der Waals surface area contributed by atoms with Gasteiger partial charge >= 0.3 is 0 Å². The van der Waals surface area contributed by atoms with Crippen molar-refractivity contribution in [2.75, 3.05) is 26.7 Å². The molecule has 0 saturated carbocycles. The molecule has 1 aromatic rings. The van der Waals surface area contributed by atoms with E-state index in [1.165, 1.54) is 41.0 Å². The highest BCUT2D eigenvalue weighted by atomic mass is 32.2. The fraction of sp³-hybridized carbons (Fsp3) is 0.700. The fourth-order valence-electron chi connectivity index (χ4n) is 3.01. The van der Waals surface area contributed by atoms with E-state index in [2.05, 4.69) is 39.3 Å². The van der Waals surface area contributed by atoms with Crippen molar-refractivity contribution in [2.45, 2.75) is 62.7 Å². The van der Waals surface area contributed by atoms with Crippen LogP contribution in [0.15, 0.2) is 15.9 Å². The molecule has 2 nitrogen and oxygen atoms in total. The van der Waals surface area contributed by atoms with Crippen LogP contribution in [0.5, 0.6) is 11.5 Å². The smallest absolute Gasteiger partial charge is 0.137 e. The first-order chi connectivity index (χ1) is 11.5. The van der Waals surface area contributed by atoms with Gasteiger partial charge in [0.05, 0.1) is 24.0 Å². The first-order valence-corrected chi connectivity index (χ1v) is 11.3. The number of aryl methyl sites for hydroxylation is 1. The summed E-state index contributed by atoms with van der Waals surface area (Å²) in [6.07, 6.45) is 10.4. The van der Waals surface area contributed by atoms with Gasteiger partial charge < -0.3 is 9.47 Å². The number of methoxy groups -OCH3 is 2. The van der Waals surface area contributed by atoms with Crippen LogP contribution >= 0.6 is 23.5 Å². The van der Waals surface area contributed by atoms with Crippen molar-refractivity contribution in [2.24, 2.45) is 11.8 Å². The van der Waals surface area contributed by atoms with E-state index in [9.17, 15) is 0 Å². The fourth-order valence-corrected chi connectivity index (χ4v) is 4.82. The van der Waals surface area contributed by atoms with Crippen molar-refractivity contribution >= 4 is 23.5 Å². The summed E-state index contributed by atoms with van der Waals surface area (Å²) in [4.78, 5) is 2.38. The molecule has 0 radical (unpaired) electrons. The molecule has 1 atom stereocenters. The maximum atomic E-state index is 5.76. The summed E-state index contributed by atoms with van der Waals surface area (Å²) in [5.74, 6) is 3.55. The van der Waals surface area contributed by atoms with Gasteiger partial charge in [-0.2, -0.15) is 0 Å². The molecule has 1 aromatic carbocycles. The van der Waals surface area contributed by atoms with Crippen molar-refractivity contribution in [3.05, 3.63) is 11.6 Å². The van der Waals surface area contributed by atoms with Gasteiger partial charge in [0.1, 0.15) is 11.5 Å². The van der Waals surface area contributed by atoms with Crippen LogP contribution in [0.1, 0.15) is 52.0 Å². The molecule has 0 aliphatic heterocycles. The first-order valence-electron chi connectivity index (χ1n) is 8.84. The topological polar surface area (TPSA) is 18.5 Å². The lowest BCUT2D eigenvalue weighted by atomic mass is 9.94. The second-order valence-electron chi connectivity index (χ2n) is 6.81. The number of benzene rings is 1. The molecule has 0 spiro atoms. The van der Waals surface area contributed by atoms with Crippen LogP contribution < -0.4 is 9.47 Å². The summed E-state index contributed by atoms with van der Waals surface area (Å²) in [6.45, 7) is 6.98. The zero-order chi connectivity index (χ0) is 18.1. The molecule has 0 aromatic heterocycles. The highest BCUT2D eigenvalue weighted by Crippen LogP contribution is 2.45. The maximum Gasteiger partial charge on any atom is 0.137 e. The summed E-state index contributed by atoms with van der Waals surface area (Å²) >= 11 is 3.46. The highest BCUT2D eigenvalue weighted by molar-refractivity contribution is 8.01. The molecule has 0 amide bonds. The van der Waals surface area contributed by atoms with E-state index < -0.39 is 0 Å². The molecule has 4 heteroatoms. The molecule has 0 aliphatic carbocycles. The van der Waals surface area contributed by atoms with E-state index in [4.69, 9.17) is 9.47 Å². The minimum Gasteiger partial charge on any atom is -0.496 e. The third-order valence-electron chi connectivity index (χ3n) is 4.45. The molecule has 0 bridgehead atoms. The number of ether oxygens (including phenoxy) is 2. The third kappa shape index (κ3) is 6.11. The average Bonchev–Trinajstić information content (AvgIpc) is 2.57. The Hall–Kier alpha value is -0.480. The predicted molar refractivity (Wildman–Crippen MR) is 109 cm³/mol. The largest absolute Gasteiger partial charge is 0.496 e. The van der Waals surface area contributed by atoms with Gasteiger partial charge in [-0.3, -0.25) is 0 Å². The van der Waals surface area contributed by atoms with Crippen LogP contribution in [0.2, 0.25) is 0 Å². The monoisotopic (exact) mass is 370 g/mol. The maximum absolute atomic E-state index is 5.76. The van der Waals surface area contributed by atoms with Gasteiger partial charge in [0.2, 0.25) is 0 Å². The van der Waals surface area contributed by atoms with Gasteiger partial charge in [0, 0.05) is 0 Å². The van der Waals surface area contributed by atoms with Gasteiger partial charge in [-0.05, 0) is 48.8 Å². The van der Waals surface area contributed by atoms with Crippen LogP contribution in [0.3, 0.4) is 0 Å². The third-order valence-corrected chi connectivity index (χ3v) is 6.19. The molecular formula is C20H34O2S2. The number of rotatable bonds is 11. The van der Waals surface area contributed by atoms with Crippen molar-refractivity contribution in [3.63, 3.8) is 0 Å². The predicted octanol–water partition coefficient (Wildman–Crippen LogP) is 6.54. The molecule has 0 N–H and O–H groups in total. The van der Waals surface area contributed by atoms with E-state index in [0.717, 1.165) is 29.8 Å². The minimum atomic E-state index is 0.748. The van der Waals surface area contributed by atoms with Crippen LogP contribution in [-0.2, 0) is 6.42 Å². The van der Waals surface area contributed by atoms with Crippen LogP contribution in [0.4, 0.5) is 0 Å². The SMILES string of the molecule is COc1cc(CCC(C)CCCC(C)C)c(OC)c(SC)c1SC. The summed E-state index contributed by atoms with van der Waals surface area (Å²) in [6, 6.07) is 2.17. The van der Waals surface area contributed by atoms with E-state index in [-0.39, 0.29) is 0 Å². The van der Waals surface area contributed by atoms with Crippen molar-refractivity contribution in [1.82, 2.24) is 0 Å². The van der Waals surface area contributed by atoms with E-state index in [0.29, 0.717) is 0 Å². The number of hydrogen-bond acceptors (Lipinski definition) is 4. The average molecular weight is 371 g/mol. The van der Waals surface area contributed by atoms with Crippen LogP contribution in [-0.4, -0.2) is 26.7 Å². The van der Waals surface area contributed by atoms with Gasteiger partial charge in [0.15, 0.2) is 0 Å². The molecule has 0 fully saturated rings.